The van der Waals surface area contributed by atoms with E-state index in [4.69, 9.17) is 21.3 Å². The molecule has 1 aliphatic heterocycles. The fourth-order valence-electron chi connectivity index (χ4n) is 4.32. The predicted molar refractivity (Wildman–Crippen MR) is 132 cm³/mol. The van der Waals surface area contributed by atoms with Gasteiger partial charge in [-0.3, -0.25) is 4.79 Å². The van der Waals surface area contributed by atoms with Crippen molar-refractivity contribution in [3.63, 3.8) is 0 Å². The van der Waals surface area contributed by atoms with E-state index in [-0.39, 0.29) is 17.4 Å². The first-order valence-corrected chi connectivity index (χ1v) is 11.6. The average molecular weight is 481 g/mol. The van der Waals surface area contributed by atoms with Gasteiger partial charge in [0.1, 0.15) is 5.82 Å². The van der Waals surface area contributed by atoms with Gasteiger partial charge in [-0.2, -0.15) is 0 Å². The van der Waals surface area contributed by atoms with Crippen molar-refractivity contribution in [2.75, 3.05) is 25.5 Å². The summed E-state index contributed by atoms with van der Waals surface area (Å²) >= 11 is 6.34. The molecule has 4 heterocycles. The van der Waals surface area contributed by atoms with Gasteiger partial charge in [0.05, 0.1) is 29.8 Å². The zero-order chi connectivity index (χ0) is 24.5. The smallest absolute Gasteiger partial charge is 0.229 e. The third-order valence-corrected chi connectivity index (χ3v) is 6.69. The van der Waals surface area contributed by atoms with Crippen molar-refractivity contribution in [1.82, 2.24) is 24.8 Å². The summed E-state index contributed by atoms with van der Waals surface area (Å²) in [6.07, 6.45) is 4.96. The number of nitrogens with one attached hydrogen (secondary N) is 1. The molecule has 0 bridgehead atoms. The molecule has 3 aromatic rings. The van der Waals surface area contributed by atoms with Crippen LogP contribution in [0.25, 0.3) is 11.4 Å². The van der Waals surface area contributed by atoms with Gasteiger partial charge in [0.15, 0.2) is 5.82 Å². The molecule has 3 aromatic heterocycles. The zero-order valence-corrected chi connectivity index (χ0v) is 20.8. The van der Waals surface area contributed by atoms with E-state index in [2.05, 4.69) is 34.1 Å². The van der Waals surface area contributed by atoms with Gasteiger partial charge in [-0.25, -0.2) is 19.9 Å². The Morgan fingerprint density at radius 3 is 2.68 bits per heavy atom. The van der Waals surface area contributed by atoms with Crippen LogP contribution >= 0.6 is 11.6 Å². The largest absolute Gasteiger partial charge is 0.481 e. The van der Waals surface area contributed by atoms with Crippen molar-refractivity contribution in [2.45, 2.75) is 39.7 Å². The number of hydrogen-bond donors (Lipinski definition) is 1. The number of nitrogens with zero attached hydrogens (tertiary/aromatic N) is 5. The average Bonchev–Trinajstić information content (AvgIpc) is 3.13. The van der Waals surface area contributed by atoms with E-state index >= 15 is 0 Å². The second kappa shape index (κ2) is 9.54. The second-order valence-electron chi connectivity index (χ2n) is 9.28. The molecule has 0 spiro atoms. The van der Waals surface area contributed by atoms with E-state index < -0.39 is 5.92 Å². The molecular formula is C25H29ClN6O2. The number of methoxy groups -OCH3 is 1. The topological polar surface area (TPSA) is 93.1 Å². The fraction of sp³-hybridized carbons (Fsp3) is 0.400. The van der Waals surface area contributed by atoms with Crippen LogP contribution in [-0.4, -0.2) is 57.0 Å². The van der Waals surface area contributed by atoms with E-state index in [1.165, 1.54) is 6.20 Å². The van der Waals surface area contributed by atoms with E-state index in [0.717, 1.165) is 17.1 Å². The van der Waals surface area contributed by atoms with Crippen LogP contribution in [0.3, 0.4) is 0 Å². The lowest BCUT2D eigenvalue weighted by Crippen LogP contribution is -2.35. The summed E-state index contributed by atoms with van der Waals surface area (Å²) in [4.78, 5) is 32.8. The molecular weight excluding hydrogens is 452 g/mol. The highest BCUT2D eigenvalue weighted by molar-refractivity contribution is 6.31. The highest BCUT2D eigenvalue weighted by Crippen LogP contribution is 2.35. The van der Waals surface area contributed by atoms with Crippen LogP contribution in [0.2, 0.25) is 5.02 Å². The zero-order valence-electron chi connectivity index (χ0n) is 20.0. The number of pyridine rings is 2. The molecule has 0 saturated carbocycles. The van der Waals surface area contributed by atoms with Crippen LogP contribution in [0, 0.1) is 12.3 Å². The van der Waals surface area contributed by atoms with Gasteiger partial charge < -0.3 is 15.0 Å². The molecule has 1 fully saturated rings. The predicted octanol–water partition coefficient (Wildman–Crippen LogP) is 4.36. The number of amides is 1. The van der Waals surface area contributed by atoms with E-state index in [1.807, 2.05) is 30.9 Å². The number of carbonyl (C=O) groups excluding carboxylic acids is 1. The SMILES string of the molecule is COc1cc([C@@H](C)C(=O)N2C[C@@H](Nc3ccc(-c4ncccn4)c(C)n3)C(C)(C)C2)c(Cl)cn1. The maximum atomic E-state index is 13.4. The van der Waals surface area contributed by atoms with Crippen LogP contribution < -0.4 is 10.1 Å². The van der Waals surface area contributed by atoms with Gasteiger partial charge in [-0.05, 0) is 37.6 Å². The highest BCUT2D eigenvalue weighted by Gasteiger charge is 2.42. The summed E-state index contributed by atoms with van der Waals surface area (Å²) in [5.41, 5.74) is 2.30. The molecule has 1 aliphatic rings. The third-order valence-electron chi connectivity index (χ3n) is 6.38. The number of aryl methyl sites for hydroxylation is 1. The quantitative estimate of drug-likeness (QED) is 0.560. The number of hydrogen-bond acceptors (Lipinski definition) is 7. The number of likely N-dealkylation sites (tertiary alicyclic amines) is 1. The molecule has 1 N–H and O–H groups in total. The van der Waals surface area contributed by atoms with E-state index in [9.17, 15) is 4.79 Å². The van der Waals surface area contributed by atoms with Crippen LogP contribution in [0.15, 0.2) is 42.9 Å². The molecule has 2 atom stereocenters. The summed E-state index contributed by atoms with van der Waals surface area (Å²) in [6, 6.07) is 7.47. The number of ether oxygens (including phenoxy) is 1. The Morgan fingerprint density at radius 2 is 2.00 bits per heavy atom. The monoisotopic (exact) mass is 480 g/mol. The lowest BCUT2D eigenvalue weighted by atomic mass is 9.88. The molecule has 0 radical (unpaired) electrons. The Hall–Kier alpha value is -3.26. The number of carbonyl (C=O) groups is 1. The molecule has 0 aromatic carbocycles. The summed E-state index contributed by atoms with van der Waals surface area (Å²) in [6.45, 7) is 9.32. The number of aromatic nitrogens is 4. The molecule has 9 heteroatoms. The van der Waals surface area contributed by atoms with Gasteiger partial charge in [0.25, 0.3) is 0 Å². The van der Waals surface area contributed by atoms with Crippen molar-refractivity contribution in [3.05, 3.63) is 59.1 Å². The van der Waals surface area contributed by atoms with Crippen LogP contribution in [0.1, 0.15) is 37.9 Å². The Kier molecular flexibility index (Phi) is 6.70. The molecule has 178 valence electrons. The van der Waals surface area contributed by atoms with Crippen molar-refractivity contribution in [2.24, 2.45) is 5.41 Å². The third kappa shape index (κ3) is 4.82. The Balaban J connectivity index is 1.49. The molecule has 1 amide bonds. The molecule has 0 unspecified atom stereocenters. The van der Waals surface area contributed by atoms with Gasteiger partial charge in [-0.15, -0.1) is 0 Å². The van der Waals surface area contributed by atoms with Gasteiger partial charge >= 0.3 is 0 Å². The number of rotatable bonds is 6. The molecule has 1 saturated heterocycles. The lowest BCUT2D eigenvalue weighted by molar-refractivity contribution is -0.131. The summed E-state index contributed by atoms with van der Waals surface area (Å²) < 4.78 is 5.21. The molecule has 34 heavy (non-hydrogen) atoms. The summed E-state index contributed by atoms with van der Waals surface area (Å²) in [5.74, 6) is 1.46. The van der Waals surface area contributed by atoms with Crippen LogP contribution in [0.5, 0.6) is 5.88 Å². The Labute approximate surface area is 204 Å². The lowest BCUT2D eigenvalue weighted by Gasteiger charge is -2.26. The standard InChI is InChI=1S/C25H29ClN6O2/c1-15(18-11-22(34-5)29-12-19(18)26)24(33)32-13-20(25(3,4)14-32)31-21-8-7-17(16(2)30-21)23-27-9-6-10-28-23/h6-12,15,20H,13-14H2,1-5H3,(H,30,31)/t15-,20-/m1/s1. The second-order valence-corrected chi connectivity index (χ2v) is 9.68. The minimum absolute atomic E-state index is 0.0215. The number of anilines is 1. The van der Waals surface area contributed by atoms with Gasteiger partial charge in [0, 0.05) is 48.7 Å². The van der Waals surface area contributed by atoms with Crippen molar-refractivity contribution >= 4 is 23.3 Å². The first kappa shape index (κ1) is 23.9. The number of halogens is 1. The molecule has 8 nitrogen and oxygen atoms in total. The van der Waals surface area contributed by atoms with Crippen LogP contribution in [0.4, 0.5) is 5.82 Å². The van der Waals surface area contributed by atoms with Crippen molar-refractivity contribution in [1.29, 1.82) is 0 Å². The molecule has 0 aliphatic carbocycles. The Bertz CT molecular complexity index is 1190. The minimum Gasteiger partial charge on any atom is -0.481 e. The van der Waals surface area contributed by atoms with E-state index in [1.54, 1.807) is 31.6 Å². The molecule has 4 rings (SSSR count). The fourth-order valence-corrected chi connectivity index (χ4v) is 4.59. The first-order chi connectivity index (χ1) is 16.2. The summed E-state index contributed by atoms with van der Waals surface area (Å²) in [7, 11) is 1.54. The highest BCUT2D eigenvalue weighted by atomic mass is 35.5. The van der Waals surface area contributed by atoms with Gasteiger partial charge in [-0.1, -0.05) is 25.4 Å². The van der Waals surface area contributed by atoms with Crippen molar-refractivity contribution < 1.29 is 9.53 Å². The van der Waals surface area contributed by atoms with Gasteiger partial charge in [0.2, 0.25) is 11.8 Å². The van der Waals surface area contributed by atoms with Crippen LogP contribution in [-0.2, 0) is 4.79 Å². The van der Waals surface area contributed by atoms with E-state index in [0.29, 0.717) is 35.4 Å². The normalized spacial score (nSPS) is 17.9. The van der Waals surface area contributed by atoms with Crippen molar-refractivity contribution in [3.8, 4) is 17.3 Å². The minimum atomic E-state index is -0.413. The summed E-state index contributed by atoms with van der Waals surface area (Å²) in [5, 5.41) is 4.00. The first-order valence-electron chi connectivity index (χ1n) is 11.2. The maximum absolute atomic E-state index is 13.4. The Morgan fingerprint density at radius 1 is 1.26 bits per heavy atom. The maximum Gasteiger partial charge on any atom is 0.229 e.